The number of benzene rings is 1. The molecular weight excluding hydrogens is 368 g/mol. The summed E-state index contributed by atoms with van der Waals surface area (Å²) in [5, 5.41) is 8.89. The molecule has 0 bridgehead atoms. The average molecular weight is 379 g/mol. The summed E-state index contributed by atoms with van der Waals surface area (Å²) >= 11 is 5.94. The van der Waals surface area contributed by atoms with Crippen LogP contribution in [0.15, 0.2) is 41.6 Å². The number of halogens is 2. The molecule has 0 N–H and O–H groups in total. The summed E-state index contributed by atoms with van der Waals surface area (Å²) in [5.74, 6) is -0.159. The average Bonchev–Trinajstić information content (AvgIpc) is 2.44. The number of ether oxygens (including phenoxy) is 1. The maximum Gasteiger partial charge on any atom is 0.174 e. The second-order valence-electron chi connectivity index (χ2n) is 4.08. The zero-order valence-corrected chi connectivity index (χ0v) is 15.0. The van der Waals surface area contributed by atoms with E-state index in [1.165, 1.54) is 6.07 Å². The van der Waals surface area contributed by atoms with Crippen LogP contribution in [-0.2, 0) is 32.7 Å². The molecule has 0 aromatic heterocycles. The van der Waals surface area contributed by atoms with E-state index in [1.807, 2.05) is 6.07 Å². The summed E-state index contributed by atoms with van der Waals surface area (Å²) in [5.41, 5.74) is 1.46. The molecule has 0 atom stereocenters. The summed E-state index contributed by atoms with van der Waals surface area (Å²) in [6.07, 6.45) is 4.48. The molecule has 0 saturated carbocycles. The van der Waals surface area contributed by atoms with Crippen molar-refractivity contribution in [1.82, 2.24) is 4.90 Å². The molecule has 105 valence electrons. The van der Waals surface area contributed by atoms with Crippen LogP contribution in [-0.4, -0.2) is 18.6 Å². The van der Waals surface area contributed by atoms with Crippen LogP contribution < -0.4 is 4.74 Å². The third-order valence-corrected chi connectivity index (χ3v) is 3.18. The van der Waals surface area contributed by atoms with Crippen LogP contribution >= 0.6 is 11.6 Å². The van der Waals surface area contributed by atoms with Gasteiger partial charge in [0.15, 0.2) is 6.61 Å². The van der Waals surface area contributed by atoms with Gasteiger partial charge in [0.25, 0.3) is 0 Å². The standard InChI is InChI=1S/C15H11ClFN2O.Y/c1-10-13(16)5-6-15(19(10)2)12-4-3-11(9-14(12)17)20-8-7-18;/h3-5,9H,1,8H2,2H3;/q-1;. The normalized spacial score (nSPS) is 13.8. The number of nitriles is 1. The van der Waals surface area contributed by atoms with Crippen molar-refractivity contribution < 1.29 is 41.8 Å². The third kappa shape index (κ3) is 3.94. The van der Waals surface area contributed by atoms with E-state index in [2.05, 4.69) is 12.7 Å². The molecule has 0 saturated heterocycles. The van der Waals surface area contributed by atoms with Crippen LogP contribution in [0.25, 0.3) is 5.70 Å². The minimum atomic E-state index is -0.464. The Morgan fingerprint density at radius 1 is 1.52 bits per heavy atom. The molecule has 1 aromatic carbocycles. The zero-order valence-electron chi connectivity index (χ0n) is 11.4. The van der Waals surface area contributed by atoms with Gasteiger partial charge in [-0.15, -0.1) is 6.07 Å². The molecule has 0 spiro atoms. The molecule has 6 heteroatoms. The first-order valence-corrected chi connectivity index (χ1v) is 6.14. The van der Waals surface area contributed by atoms with E-state index < -0.39 is 5.82 Å². The number of allylic oxidation sites excluding steroid dienone is 3. The van der Waals surface area contributed by atoms with Gasteiger partial charge in [0.2, 0.25) is 0 Å². The van der Waals surface area contributed by atoms with Gasteiger partial charge in [-0.3, -0.25) is 0 Å². The maximum atomic E-state index is 14.1. The number of likely N-dealkylation sites (N-methyl/N-ethyl adjacent to an activating group) is 1. The van der Waals surface area contributed by atoms with Gasteiger partial charge in [-0.25, -0.2) is 4.39 Å². The van der Waals surface area contributed by atoms with Gasteiger partial charge < -0.3 is 9.64 Å². The molecule has 1 aliphatic rings. The van der Waals surface area contributed by atoms with Crippen molar-refractivity contribution in [1.29, 1.82) is 5.26 Å². The van der Waals surface area contributed by atoms with Crippen molar-refractivity contribution in [3.8, 4) is 11.8 Å². The zero-order chi connectivity index (χ0) is 14.7. The van der Waals surface area contributed by atoms with Crippen LogP contribution in [0.3, 0.4) is 0 Å². The van der Waals surface area contributed by atoms with Crippen molar-refractivity contribution in [2.45, 2.75) is 0 Å². The van der Waals surface area contributed by atoms with E-state index in [9.17, 15) is 4.39 Å². The topological polar surface area (TPSA) is 36.3 Å². The Hall–Kier alpha value is -1.15. The number of hydrogen-bond donors (Lipinski definition) is 0. The Morgan fingerprint density at radius 2 is 2.24 bits per heavy atom. The summed E-state index contributed by atoms with van der Waals surface area (Å²) in [6, 6.07) is 6.23. The van der Waals surface area contributed by atoms with Crippen LogP contribution in [0.5, 0.6) is 5.75 Å². The molecule has 1 aromatic rings. The number of hydrogen-bond acceptors (Lipinski definition) is 3. The SMILES string of the molecule is C=C1C(Cl)=C[C-]=C(c2ccc(OCC#N)cc2F)N1C.[Y]. The van der Waals surface area contributed by atoms with Crippen LogP contribution in [0.1, 0.15) is 5.56 Å². The van der Waals surface area contributed by atoms with Crippen LogP contribution in [0.2, 0.25) is 0 Å². The molecule has 21 heavy (non-hydrogen) atoms. The molecule has 0 amide bonds. The van der Waals surface area contributed by atoms with Gasteiger partial charge >= 0.3 is 0 Å². The molecule has 3 nitrogen and oxygen atoms in total. The Labute approximate surface area is 153 Å². The first-order chi connectivity index (χ1) is 9.54. The summed E-state index contributed by atoms with van der Waals surface area (Å²) in [6.45, 7) is 3.70. The Bertz CT molecular complexity index is 664. The molecule has 0 aliphatic carbocycles. The van der Waals surface area contributed by atoms with Gasteiger partial charge in [-0.05, 0) is 16.8 Å². The minimum Gasteiger partial charge on any atom is -0.479 e. The summed E-state index contributed by atoms with van der Waals surface area (Å²) in [4.78, 5) is 1.66. The second-order valence-corrected chi connectivity index (χ2v) is 4.49. The molecular formula is C15H11ClFN2OY-. The van der Waals surface area contributed by atoms with Gasteiger partial charge in [-0.1, -0.05) is 17.8 Å². The van der Waals surface area contributed by atoms with Gasteiger partial charge in [-0.2, -0.15) is 29.0 Å². The maximum absolute atomic E-state index is 14.1. The molecule has 0 unspecified atom stereocenters. The van der Waals surface area contributed by atoms with E-state index in [1.54, 1.807) is 30.2 Å². The largest absolute Gasteiger partial charge is 0.479 e. The molecule has 0 fully saturated rings. The Morgan fingerprint density at radius 3 is 2.86 bits per heavy atom. The van der Waals surface area contributed by atoms with E-state index in [-0.39, 0.29) is 39.3 Å². The number of nitrogens with zero attached hydrogens (tertiary/aromatic N) is 2. The third-order valence-electron chi connectivity index (χ3n) is 2.85. The van der Waals surface area contributed by atoms with Gasteiger partial charge in [0, 0.05) is 45.8 Å². The monoisotopic (exact) mass is 378 g/mol. The van der Waals surface area contributed by atoms with Crippen molar-refractivity contribution in [2.24, 2.45) is 0 Å². The van der Waals surface area contributed by atoms with E-state index in [0.717, 1.165) is 0 Å². The van der Waals surface area contributed by atoms with Crippen molar-refractivity contribution >= 4 is 17.3 Å². The summed E-state index contributed by atoms with van der Waals surface area (Å²) < 4.78 is 19.2. The van der Waals surface area contributed by atoms with E-state index in [0.29, 0.717) is 27.7 Å². The predicted molar refractivity (Wildman–Crippen MR) is 75.0 cm³/mol. The van der Waals surface area contributed by atoms with Crippen LogP contribution in [0, 0.1) is 23.2 Å². The fourth-order valence-electron chi connectivity index (χ4n) is 1.76. The van der Waals surface area contributed by atoms with Crippen molar-refractivity contribution in [3.63, 3.8) is 0 Å². The smallest absolute Gasteiger partial charge is 0.174 e. The second kappa shape index (κ2) is 7.75. The molecule has 1 heterocycles. The number of rotatable bonds is 3. The summed E-state index contributed by atoms with van der Waals surface area (Å²) in [7, 11) is 1.74. The fourth-order valence-corrected chi connectivity index (χ4v) is 1.94. The quantitative estimate of drug-likeness (QED) is 0.756. The molecule has 2 rings (SSSR count). The van der Waals surface area contributed by atoms with Gasteiger partial charge in [0.05, 0.1) is 5.82 Å². The molecule has 1 aliphatic heterocycles. The van der Waals surface area contributed by atoms with Crippen LogP contribution in [0.4, 0.5) is 4.39 Å². The van der Waals surface area contributed by atoms with E-state index >= 15 is 0 Å². The minimum absolute atomic E-state index is 0. The van der Waals surface area contributed by atoms with Crippen molar-refractivity contribution in [3.05, 3.63) is 59.0 Å². The van der Waals surface area contributed by atoms with Gasteiger partial charge in [0.1, 0.15) is 11.8 Å². The first kappa shape index (κ1) is 17.9. The van der Waals surface area contributed by atoms with Crippen molar-refractivity contribution in [2.75, 3.05) is 13.7 Å². The fraction of sp³-hybridized carbons (Fsp3) is 0.133. The first-order valence-electron chi connectivity index (χ1n) is 5.76. The molecule has 1 radical (unpaired) electrons. The predicted octanol–water partition coefficient (Wildman–Crippen LogP) is 3.45. The Balaban J connectivity index is 0.00000220. The Kier molecular flexibility index (Phi) is 6.60. The van der Waals surface area contributed by atoms with E-state index in [4.69, 9.17) is 21.6 Å².